The summed E-state index contributed by atoms with van der Waals surface area (Å²) in [7, 11) is 2.33. The molecule has 4 rings (SSSR count). The first-order valence-corrected chi connectivity index (χ1v) is 15.2. The van der Waals surface area contributed by atoms with Crippen molar-refractivity contribution in [2.75, 3.05) is 20.1 Å². The first kappa shape index (κ1) is 21.7. The van der Waals surface area contributed by atoms with Gasteiger partial charge in [0.15, 0.2) is 0 Å². The van der Waals surface area contributed by atoms with Gasteiger partial charge in [0.1, 0.15) is 0 Å². The average Bonchev–Trinajstić information content (AvgIpc) is 3.36. The summed E-state index contributed by atoms with van der Waals surface area (Å²) < 4.78 is 5.46. The Labute approximate surface area is 189 Å². The Kier molecular flexibility index (Phi) is 6.46. The fraction of sp³-hybridized carbons (Fsp3) is 0.308. The molecule has 1 unspecified atom stereocenters. The fourth-order valence-corrected chi connectivity index (χ4v) is 13.5. The molecule has 3 aromatic rings. The summed E-state index contributed by atoms with van der Waals surface area (Å²) >= 11 is 4.61. The molecule has 1 fully saturated rings. The first-order chi connectivity index (χ1) is 14.5. The standard InChI is InChI=1S/C26H32BrN2P/c1-23(25-16-8-4-9-17-25)28(2)30(27,29-20-12-13-21-29,26-18-10-5-11-19-26)22-24-14-6-3-7-15-24/h3-11,14-19,23H,12-13,20-22H2,1-2H3. The van der Waals surface area contributed by atoms with E-state index in [1.54, 1.807) is 0 Å². The summed E-state index contributed by atoms with van der Waals surface area (Å²) in [5.41, 5.74) is -0.125. The predicted molar refractivity (Wildman–Crippen MR) is 135 cm³/mol. The van der Waals surface area contributed by atoms with Crippen LogP contribution in [0.3, 0.4) is 0 Å². The van der Waals surface area contributed by atoms with Crippen LogP contribution >= 0.6 is 21.1 Å². The van der Waals surface area contributed by atoms with E-state index < -0.39 is 5.61 Å². The quantitative estimate of drug-likeness (QED) is 0.334. The molecule has 0 amide bonds. The topological polar surface area (TPSA) is 6.48 Å². The van der Waals surface area contributed by atoms with Crippen LogP contribution in [-0.4, -0.2) is 29.5 Å². The van der Waals surface area contributed by atoms with Crippen LogP contribution in [0.2, 0.25) is 0 Å². The van der Waals surface area contributed by atoms with Crippen LogP contribution in [0.25, 0.3) is 0 Å². The molecule has 1 aliphatic heterocycles. The van der Waals surface area contributed by atoms with Gasteiger partial charge < -0.3 is 0 Å². The average molecular weight is 483 g/mol. The number of hydrogen-bond donors (Lipinski definition) is 0. The molecule has 1 heterocycles. The van der Waals surface area contributed by atoms with Crippen LogP contribution in [0.4, 0.5) is 0 Å². The summed E-state index contributed by atoms with van der Waals surface area (Å²) in [4.78, 5) is 0. The number of hydrogen-bond acceptors (Lipinski definition) is 2. The van der Waals surface area contributed by atoms with Crippen LogP contribution in [0, 0.1) is 0 Å². The molecule has 0 aromatic heterocycles. The third kappa shape index (κ3) is 3.78. The van der Waals surface area contributed by atoms with Gasteiger partial charge in [-0.25, -0.2) is 0 Å². The van der Waals surface area contributed by atoms with Crippen LogP contribution in [0.5, 0.6) is 0 Å². The van der Waals surface area contributed by atoms with E-state index in [9.17, 15) is 0 Å². The van der Waals surface area contributed by atoms with Gasteiger partial charge in [-0.3, -0.25) is 0 Å². The maximum absolute atomic E-state index is 4.61. The zero-order valence-corrected chi connectivity index (χ0v) is 20.5. The van der Waals surface area contributed by atoms with Crippen LogP contribution in [0.1, 0.15) is 36.9 Å². The van der Waals surface area contributed by atoms with Gasteiger partial charge >= 0.3 is 190 Å². The Morgan fingerprint density at radius 2 is 1.33 bits per heavy atom. The minimum atomic E-state index is -2.87. The van der Waals surface area contributed by atoms with Crippen molar-refractivity contribution < 1.29 is 0 Å². The molecule has 4 heteroatoms. The summed E-state index contributed by atoms with van der Waals surface area (Å²) in [5, 5.41) is 1.42. The Morgan fingerprint density at radius 3 is 1.90 bits per heavy atom. The van der Waals surface area contributed by atoms with E-state index in [0.717, 1.165) is 19.3 Å². The van der Waals surface area contributed by atoms with Gasteiger partial charge in [-0.05, 0) is 0 Å². The maximum atomic E-state index is 4.61. The van der Waals surface area contributed by atoms with Crippen LogP contribution in [0.15, 0.2) is 91.0 Å². The molecule has 0 spiro atoms. The molecule has 0 aliphatic carbocycles. The second kappa shape index (κ2) is 8.93. The van der Waals surface area contributed by atoms with E-state index in [4.69, 9.17) is 0 Å². The number of rotatable bonds is 7. The van der Waals surface area contributed by atoms with Crippen LogP contribution < -0.4 is 5.30 Å². The molecular formula is C26H32BrN2P. The van der Waals surface area contributed by atoms with Gasteiger partial charge in [0, 0.05) is 0 Å². The summed E-state index contributed by atoms with van der Waals surface area (Å²) in [6, 6.07) is 33.4. The van der Waals surface area contributed by atoms with Crippen molar-refractivity contribution in [1.82, 2.24) is 9.34 Å². The van der Waals surface area contributed by atoms with Gasteiger partial charge in [0.25, 0.3) is 0 Å². The Morgan fingerprint density at radius 1 is 0.833 bits per heavy atom. The van der Waals surface area contributed by atoms with Gasteiger partial charge in [-0.2, -0.15) is 0 Å². The van der Waals surface area contributed by atoms with Crippen molar-refractivity contribution in [3.8, 4) is 0 Å². The minimum absolute atomic E-state index is 0.285. The monoisotopic (exact) mass is 482 g/mol. The van der Waals surface area contributed by atoms with Gasteiger partial charge in [-0.15, -0.1) is 0 Å². The van der Waals surface area contributed by atoms with E-state index in [-0.39, 0.29) is 6.04 Å². The number of benzene rings is 3. The molecule has 1 saturated heterocycles. The first-order valence-electron chi connectivity index (χ1n) is 10.9. The van der Waals surface area contributed by atoms with E-state index in [2.05, 4.69) is 130 Å². The molecule has 3 aromatic carbocycles. The fourth-order valence-electron chi connectivity index (χ4n) is 4.88. The number of nitrogens with zero attached hydrogens (tertiary/aromatic N) is 2. The molecule has 30 heavy (non-hydrogen) atoms. The third-order valence-corrected chi connectivity index (χ3v) is 17.0. The van der Waals surface area contributed by atoms with Gasteiger partial charge in [-0.1, -0.05) is 0 Å². The van der Waals surface area contributed by atoms with Crippen LogP contribution in [-0.2, 0) is 6.16 Å². The van der Waals surface area contributed by atoms with E-state index >= 15 is 0 Å². The molecule has 0 N–H and O–H groups in total. The zero-order chi connectivity index (χ0) is 21.1. The van der Waals surface area contributed by atoms with Gasteiger partial charge in [0.05, 0.1) is 0 Å². The second-order valence-corrected chi connectivity index (χ2v) is 17.1. The van der Waals surface area contributed by atoms with Gasteiger partial charge in [0.2, 0.25) is 0 Å². The molecular weight excluding hydrogens is 451 g/mol. The normalized spacial score (nSPS) is 17.5. The molecule has 0 radical (unpaired) electrons. The number of halogens is 1. The Bertz CT molecular complexity index is 947. The van der Waals surface area contributed by atoms with Crippen molar-refractivity contribution in [2.45, 2.75) is 32.0 Å². The summed E-state index contributed by atoms with van der Waals surface area (Å²) in [5.74, 6) is 0. The van der Waals surface area contributed by atoms with Crippen molar-refractivity contribution in [2.24, 2.45) is 0 Å². The molecule has 1 atom stereocenters. The second-order valence-electron chi connectivity index (χ2n) is 8.39. The molecule has 1 aliphatic rings. The summed E-state index contributed by atoms with van der Waals surface area (Å²) in [6.07, 6.45) is 3.52. The SMILES string of the molecule is CC(c1ccccc1)N(C)P(Br)(Cc1ccccc1)(c1ccccc1)N1CCCC1. The molecule has 158 valence electrons. The molecule has 0 bridgehead atoms. The summed E-state index contributed by atoms with van der Waals surface area (Å²) in [6.45, 7) is 4.62. The zero-order valence-electron chi connectivity index (χ0n) is 18.0. The van der Waals surface area contributed by atoms with E-state index in [1.165, 1.54) is 29.3 Å². The third-order valence-electron chi connectivity index (χ3n) is 6.71. The Hall–Kier alpha value is -1.51. The van der Waals surface area contributed by atoms with Crippen molar-refractivity contribution in [3.63, 3.8) is 0 Å². The van der Waals surface area contributed by atoms with Crippen molar-refractivity contribution in [1.29, 1.82) is 0 Å². The predicted octanol–water partition coefficient (Wildman–Crippen LogP) is 6.99. The molecule has 2 nitrogen and oxygen atoms in total. The molecule has 0 saturated carbocycles. The van der Waals surface area contributed by atoms with E-state index in [0.29, 0.717) is 0 Å². The van der Waals surface area contributed by atoms with Crippen molar-refractivity contribution >= 4 is 26.4 Å². The Balaban J connectivity index is 1.92. The van der Waals surface area contributed by atoms with E-state index in [1.807, 2.05) is 0 Å². The van der Waals surface area contributed by atoms with Crippen molar-refractivity contribution in [3.05, 3.63) is 102 Å².